The molecular weight excluding hydrogens is 357 g/mol. The molecule has 6 heteroatoms. The van der Waals surface area contributed by atoms with Crippen LogP contribution in [-0.2, 0) is 0 Å². The van der Waals surface area contributed by atoms with Crippen molar-refractivity contribution >= 4 is 46.2 Å². The normalized spacial score (nSPS) is 10.4. The first-order valence-corrected chi connectivity index (χ1v) is 8.32. The average Bonchev–Trinajstić information content (AvgIpc) is 2.60. The number of hydrogen-bond donors (Lipinski definition) is 2. The third kappa shape index (κ3) is 4.50. The van der Waals surface area contributed by atoms with Crippen LogP contribution in [0.1, 0.15) is 15.9 Å². The van der Waals surface area contributed by atoms with Gasteiger partial charge in [0.05, 0.1) is 27.5 Å². The zero-order valence-electron chi connectivity index (χ0n) is 13.4. The molecule has 3 rings (SSSR count). The first-order valence-electron chi connectivity index (χ1n) is 7.56. The number of nitrogens with zero attached hydrogens (tertiary/aromatic N) is 1. The number of aryl methyl sites for hydroxylation is 1. The Kier molecular flexibility index (Phi) is 5.22. The van der Waals surface area contributed by atoms with Crippen LogP contribution in [0.3, 0.4) is 0 Å². The van der Waals surface area contributed by atoms with Crippen molar-refractivity contribution in [2.24, 2.45) is 0 Å². The van der Waals surface area contributed by atoms with Crippen LogP contribution >= 0.6 is 23.2 Å². The van der Waals surface area contributed by atoms with Crippen molar-refractivity contribution < 1.29 is 4.79 Å². The molecule has 4 nitrogen and oxygen atoms in total. The summed E-state index contributed by atoms with van der Waals surface area (Å²) in [6, 6.07) is 14.6. The highest BCUT2D eigenvalue weighted by Gasteiger charge is 2.09. The largest absolute Gasteiger partial charge is 0.354 e. The Morgan fingerprint density at radius 3 is 2.32 bits per heavy atom. The van der Waals surface area contributed by atoms with Gasteiger partial charge in [-0.05, 0) is 43.3 Å². The number of nitrogens with one attached hydrogen (secondary N) is 2. The fraction of sp³-hybridized carbons (Fsp3) is 0.0526. The number of benzene rings is 2. The van der Waals surface area contributed by atoms with E-state index < -0.39 is 0 Å². The van der Waals surface area contributed by atoms with E-state index in [1.807, 2.05) is 31.2 Å². The lowest BCUT2D eigenvalue weighted by atomic mass is 10.2. The molecule has 1 heterocycles. The zero-order valence-corrected chi connectivity index (χ0v) is 14.9. The molecule has 1 aromatic heterocycles. The van der Waals surface area contributed by atoms with Gasteiger partial charge in [0.2, 0.25) is 0 Å². The standard InChI is InChI=1S/C19H15Cl2N3O/c1-12-2-4-14(5-3-12)23-16-8-13(10-22-11-16)19(25)24-15-6-7-17(20)18(21)9-15/h2-11,23H,1H3,(H,24,25). The predicted molar refractivity (Wildman–Crippen MR) is 103 cm³/mol. The van der Waals surface area contributed by atoms with Crippen molar-refractivity contribution in [2.75, 3.05) is 10.6 Å². The van der Waals surface area contributed by atoms with Crippen molar-refractivity contribution in [3.8, 4) is 0 Å². The second-order valence-electron chi connectivity index (χ2n) is 5.54. The summed E-state index contributed by atoms with van der Waals surface area (Å²) in [5.74, 6) is -0.279. The van der Waals surface area contributed by atoms with E-state index in [-0.39, 0.29) is 5.91 Å². The molecule has 0 bridgehead atoms. The molecule has 25 heavy (non-hydrogen) atoms. The van der Waals surface area contributed by atoms with Crippen LogP contribution < -0.4 is 10.6 Å². The summed E-state index contributed by atoms with van der Waals surface area (Å²) >= 11 is 11.8. The third-order valence-electron chi connectivity index (χ3n) is 3.52. The number of carbonyl (C=O) groups is 1. The van der Waals surface area contributed by atoms with E-state index in [4.69, 9.17) is 23.2 Å². The Morgan fingerprint density at radius 2 is 1.60 bits per heavy atom. The molecular formula is C19H15Cl2N3O. The van der Waals surface area contributed by atoms with Crippen molar-refractivity contribution in [1.82, 2.24) is 4.98 Å². The number of amides is 1. The maximum atomic E-state index is 12.4. The molecule has 2 N–H and O–H groups in total. The Labute approximate surface area is 155 Å². The number of halogens is 2. The summed E-state index contributed by atoms with van der Waals surface area (Å²) < 4.78 is 0. The van der Waals surface area contributed by atoms with Crippen LogP contribution in [0.2, 0.25) is 10.0 Å². The number of aromatic nitrogens is 1. The molecule has 0 aliphatic heterocycles. The molecule has 0 aliphatic rings. The summed E-state index contributed by atoms with van der Waals surface area (Å²) in [5, 5.41) is 6.82. The molecule has 0 saturated heterocycles. The number of anilines is 3. The molecule has 0 fully saturated rings. The smallest absolute Gasteiger partial charge is 0.257 e. The summed E-state index contributed by atoms with van der Waals surface area (Å²) in [6.45, 7) is 2.03. The van der Waals surface area contributed by atoms with Crippen LogP contribution in [0.4, 0.5) is 17.1 Å². The fourth-order valence-corrected chi connectivity index (χ4v) is 2.51. The molecule has 3 aromatic rings. The number of hydrogen-bond acceptors (Lipinski definition) is 3. The van der Waals surface area contributed by atoms with E-state index in [2.05, 4.69) is 15.6 Å². The molecule has 0 aliphatic carbocycles. The first kappa shape index (κ1) is 17.3. The van der Waals surface area contributed by atoms with Crippen LogP contribution in [0.5, 0.6) is 0 Å². The fourth-order valence-electron chi connectivity index (χ4n) is 2.21. The van der Waals surface area contributed by atoms with Crippen molar-refractivity contribution in [3.63, 3.8) is 0 Å². The van der Waals surface area contributed by atoms with E-state index in [9.17, 15) is 4.79 Å². The van der Waals surface area contributed by atoms with E-state index in [0.717, 1.165) is 11.4 Å². The Balaban J connectivity index is 1.74. The second kappa shape index (κ2) is 7.55. The maximum absolute atomic E-state index is 12.4. The molecule has 1 amide bonds. The van der Waals surface area contributed by atoms with Gasteiger partial charge < -0.3 is 10.6 Å². The van der Waals surface area contributed by atoms with Crippen LogP contribution in [0.25, 0.3) is 0 Å². The Hall–Kier alpha value is -2.56. The topological polar surface area (TPSA) is 54.0 Å². The van der Waals surface area contributed by atoms with Gasteiger partial charge in [0.15, 0.2) is 0 Å². The zero-order chi connectivity index (χ0) is 17.8. The summed E-state index contributed by atoms with van der Waals surface area (Å²) in [7, 11) is 0. The molecule has 2 aromatic carbocycles. The summed E-state index contributed by atoms with van der Waals surface area (Å²) in [5.41, 5.74) is 3.83. The third-order valence-corrected chi connectivity index (χ3v) is 4.26. The molecule has 0 atom stereocenters. The minimum absolute atomic E-state index is 0.279. The first-order chi connectivity index (χ1) is 12.0. The van der Waals surface area contributed by atoms with Crippen molar-refractivity contribution in [1.29, 1.82) is 0 Å². The quantitative estimate of drug-likeness (QED) is 0.618. The van der Waals surface area contributed by atoms with Gasteiger partial charge in [0.1, 0.15) is 0 Å². The monoisotopic (exact) mass is 371 g/mol. The lowest BCUT2D eigenvalue weighted by Crippen LogP contribution is -2.12. The predicted octanol–water partition coefficient (Wildman–Crippen LogP) is 5.69. The summed E-state index contributed by atoms with van der Waals surface area (Å²) in [4.78, 5) is 16.5. The SMILES string of the molecule is Cc1ccc(Nc2cncc(C(=O)Nc3ccc(Cl)c(Cl)c3)c2)cc1. The molecule has 0 spiro atoms. The highest BCUT2D eigenvalue weighted by atomic mass is 35.5. The van der Waals surface area contributed by atoms with E-state index in [1.54, 1.807) is 30.5 Å². The van der Waals surface area contributed by atoms with Gasteiger partial charge in [-0.15, -0.1) is 0 Å². The number of rotatable bonds is 4. The lowest BCUT2D eigenvalue weighted by molar-refractivity contribution is 0.102. The molecule has 0 saturated carbocycles. The van der Waals surface area contributed by atoms with E-state index in [0.29, 0.717) is 21.3 Å². The molecule has 0 unspecified atom stereocenters. The minimum atomic E-state index is -0.279. The van der Waals surface area contributed by atoms with Crippen LogP contribution in [0, 0.1) is 6.92 Å². The van der Waals surface area contributed by atoms with Gasteiger partial charge in [-0.25, -0.2) is 0 Å². The van der Waals surface area contributed by atoms with Gasteiger partial charge in [-0.2, -0.15) is 0 Å². The average molecular weight is 372 g/mol. The Morgan fingerprint density at radius 1 is 0.880 bits per heavy atom. The van der Waals surface area contributed by atoms with E-state index in [1.165, 1.54) is 11.8 Å². The van der Waals surface area contributed by atoms with Crippen LogP contribution in [-0.4, -0.2) is 10.9 Å². The minimum Gasteiger partial charge on any atom is -0.354 e. The Bertz CT molecular complexity index is 911. The lowest BCUT2D eigenvalue weighted by Gasteiger charge is -2.09. The van der Waals surface area contributed by atoms with Crippen LogP contribution in [0.15, 0.2) is 60.9 Å². The highest BCUT2D eigenvalue weighted by molar-refractivity contribution is 6.42. The summed E-state index contributed by atoms with van der Waals surface area (Å²) in [6.07, 6.45) is 3.17. The molecule has 0 radical (unpaired) electrons. The van der Waals surface area contributed by atoms with Gasteiger partial charge in [-0.1, -0.05) is 40.9 Å². The highest BCUT2D eigenvalue weighted by Crippen LogP contribution is 2.25. The number of pyridine rings is 1. The second-order valence-corrected chi connectivity index (χ2v) is 6.35. The van der Waals surface area contributed by atoms with Gasteiger partial charge in [-0.3, -0.25) is 9.78 Å². The molecule has 126 valence electrons. The van der Waals surface area contributed by atoms with Crippen molar-refractivity contribution in [3.05, 3.63) is 82.1 Å². The maximum Gasteiger partial charge on any atom is 0.257 e. The van der Waals surface area contributed by atoms with Gasteiger partial charge in [0.25, 0.3) is 5.91 Å². The van der Waals surface area contributed by atoms with Gasteiger partial charge in [0, 0.05) is 17.6 Å². The van der Waals surface area contributed by atoms with Crippen molar-refractivity contribution in [2.45, 2.75) is 6.92 Å². The van der Waals surface area contributed by atoms with Gasteiger partial charge >= 0.3 is 0 Å². The van der Waals surface area contributed by atoms with E-state index >= 15 is 0 Å². The number of carbonyl (C=O) groups excluding carboxylic acids is 1.